The second-order valence-corrected chi connectivity index (χ2v) is 4.13. The number of halogens is 1. The molecule has 2 N–H and O–H groups in total. The predicted molar refractivity (Wildman–Crippen MR) is 66.6 cm³/mol. The maximum atomic E-state index is 5.05. The predicted octanol–water partition coefficient (Wildman–Crippen LogP) is 2.46. The Balaban J connectivity index is 2.72. The molecule has 1 aromatic rings. The molecular weight excluding hydrogens is 262 g/mol. The van der Waals surface area contributed by atoms with Gasteiger partial charge < -0.3 is 10.6 Å². The Hall–Kier alpha value is -0.680. The van der Waals surface area contributed by atoms with Crippen LogP contribution in [0.25, 0.3) is 0 Å². The number of hydrogen-bond donors (Lipinski definition) is 2. The molecular formula is C9H12BrN3S. The fourth-order valence-electron chi connectivity index (χ4n) is 0.984. The first-order valence-electron chi connectivity index (χ1n) is 4.30. The fourth-order valence-corrected chi connectivity index (χ4v) is 1.67. The molecule has 0 atom stereocenters. The molecule has 0 amide bonds. The van der Waals surface area contributed by atoms with Gasteiger partial charge in [-0.25, -0.2) is 4.98 Å². The topological polar surface area (TPSA) is 37.0 Å². The third-order valence-electron chi connectivity index (χ3n) is 1.61. The van der Waals surface area contributed by atoms with Gasteiger partial charge in [0.1, 0.15) is 5.82 Å². The average molecular weight is 274 g/mol. The molecule has 14 heavy (non-hydrogen) atoms. The second kappa shape index (κ2) is 5.26. The van der Waals surface area contributed by atoms with Crippen LogP contribution in [0.3, 0.4) is 0 Å². The summed E-state index contributed by atoms with van der Waals surface area (Å²) < 4.78 is 0.968. The highest BCUT2D eigenvalue weighted by molar-refractivity contribution is 9.10. The maximum Gasteiger partial charge on any atom is 0.171 e. The first kappa shape index (κ1) is 11.4. The van der Waals surface area contributed by atoms with Gasteiger partial charge in [-0.15, -0.1) is 0 Å². The van der Waals surface area contributed by atoms with Crippen molar-refractivity contribution in [2.75, 3.05) is 11.9 Å². The van der Waals surface area contributed by atoms with Gasteiger partial charge >= 0.3 is 0 Å². The molecule has 0 saturated carbocycles. The van der Waals surface area contributed by atoms with Crippen molar-refractivity contribution in [3.63, 3.8) is 0 Å². The molecule has 0 bridgehead atoms. The summed E-state index contributed by atoms with van der Waals surface area (Å²) in [7, 11) is 0. The van der Waals surface area contributed by atoms with Crippen LogP contribution in [-0.4, -0.2) is 16.6 Å². The number of pyridine rings is 1. The van der Waals surface area contributed by atoms with Crippen LogP contribution in [0.15, 0.2) is 16.7 Å². The number of rotatable bonds is 2. The van der Waals surface area contributed by atoms with Crippen molar-refractivity contribution >= 4 is 39.1 Å². The van der Waals surface area contributed by atoms with Crippen LogP contribution in [0.5, 0.6) is 0 Å². The summed E-state index contributed by atoms with van der Waals surface area (Å²) in [5.74, 6) is 0.791. The Bertz CT molecular complexity index is 341. The summed E-state index contributed by atoms with van der Waals surface area (Å²) >= 11 is 8.41. The van der Waals surface area contributed by atoms with Crippen molar-refractivity contribution in [1.29, 1.82) is 0 Å². The monoisotopic (exact) mass is 273 g/mol. The molecule has 3 nitrogen and oxygen atoms in total. The number of nitrogens with zero attached hydrogens (tertiary/aromatic N) is 1. The molecule has 76 valence electrons. The van der Waals surface area contributed by atoms with Crippen LogP contribution in [0, 0.1) is 6.92 Å². The van der Waals surface area contributed by atoms with E-state index in [1.165, 1.54) is 0 Å². The lowest BCUT2D eigenvalue weighted by Gasteiger charge is -2.10. The highest BCUT2D eigenvalue weighted by Gasteiger charge is 2.01. The lowest BCUT2D eigenvalue weighted by molar-refractivity contribution is 0.977. The maximum absolute atomic E-state index is 5.05. The van der Waals surface area contributed by atoms with Crippen LogP contribution in [0.4, 0.5) is 5.82 Å². The number of nitrogens with one attached hydrogen (secondary N) is 2. The summed E-state index contributed by atoms with van der Waals surface area (Å²) in [6.07, 6.45) is 1.74. The molecule has 5 heteroatoms. The van der Waals surface area contributed by atoms with E-state index in [4.69, 9.17) is 12.2 Å². The van der Waals surface area contributed by atoms with E-state index in [1.54, 1.807) is 6.20 Å². The first-order valence-corrected chi connectivity index (χ1v) is 5.50. The van der Waals surface area contributed by atoms with Gasteiger partial charge in [0.15, 0.2) is 5.11 Å². The summed E-state index contributed by atoms with van der Waals surface area (Å²) in [4.78, 5) is 4.21. The normalized spacial score (nSPS) is 9.64. The number of aromatic nitrogens is 1. The second-order valence-electron chi connectivity index (χ2n) is 2.80. The molecule has 0 radical (unpaired) electrons. The summed E-state index contributed by atoms with van der Waals surface area (Å²) in [6.45, 7) is 4.78. The average Bonchev–Trinajstić information content (AvgIpc) is 2.10. The molecule has 0 aliphatic rings. The zero-order valence-electron chi connectivity index (χ0n) is 8.10. The highest BCUT2D eigenvalue weighted by atomic mass is 79.9. The number of aryl methyl sites for hydroxylation is 1. The van der Waals surface area contributed by atoms with Gasteiger partial charge in [0.05, 0.1) is 0 Å². The van der Waals surface area contributed by atoms with Crippen molar-refractivity contribution in [2.45, 2.75) is 13.8 Å². The van der Waals surface area contributed by atoms with Gasteiger partial charge in [-0.05, 0) is 53.6 Å². The molecule has 0 spiro atoms. The van der Waals surface area contributed by atoms with E-state index >= 15 is 0 Å². The Morgan fingerprint density at radius 1 is 1.64 bits per heavy atom. The molecule has 0 aliphatic carbocycles. The Morgan fingerprint density at radius 3 is 2.93 bits per heavy atom. The minimum atomic E-state index is 0.602. The third kappa shape index (κ3) is 3.23. The molecule has 0 aromatic carbocycles. The van der Waals surface area contributed by atoms with E-state index in [0.29, 0.717) is 5.11 Å². The van der Waals surface area contributed by atoms with Gasteiger partial charge in [0, 0.05) is 17.2 Å². The van der Waals surface area contributed by atoms with Crippen molar-refractivity contribution in [1.82, 2.24) is 10.3 Å². The Labute approximate surface area is 97.4 Å². The van der Waals surface area contributed by atoms with Crippen molar-refractivity contribution in [3.05, 3.63) is 22.3 Å². The standard InChI is InChI=1S/C9H12BrN3S/c1-3-11-9(14)13-8-6(2)4-7(10)5-12-8/h4-5H,3H2,1-2H3,(H2,11,12,13,14). The van der Waals surface area contributed by atoms with Crippen molar-refractivity contribution in [3.8, 4) is 0 Å². The number of anilines is 1. The minimum absolute atomic E-state index is 0.602. The van der Waals surface area contributed by atoms with Gasteiger partial charge in [0.2, 0.25) is 0 Å². The van der Waals surface area contributed by atoms with Gasteiger partial charge in [-0.3, -0.25) is 0 Å². The van der Waals surface area contributed by atoms with Crippen LogP contribution >= 0.6 is 28.1 Å². The molecule has 1 aromatic heterocycles. The minimum Gasteiger partial charge on any atom is -0.363 e. The van der Waals surface area contributed by atoms with E-state index in [2.05, 4.69) is 31.5 Å². The van der Waals surface area contributed by atoms with Crippen LogP contribution in [0.1, 0.15) is 12.5 Å². The lowest BCUT2D eigenvalue weighted by Crippen LogP contribution is -2.28. The third-order valence-corrected chi connectivity index (χ3v) is 2.29. The molecule has 0 saturated heterocycles. The van der Waals surface area contributed by atoms with Gasteiger partial charge in [0.25, 0.3) is 0 Å². The van der Waals surface area contributed by atoms with E-state index in [0.717, 1.165) is 22.4 Å². The largest absolute Gasteiger partial charge is 0.363 e. The zero-order valence-corrected chi connectivity index (χ0v) is 10.5. The number of thiocarbonyl (C=S) groups is 1. The number of hydrogen-bond acceptors (Lipinski definition) is 2. The van der Waals surface area contributed by atoms with Crippen LogP contribution in [-0.2, 0) is 0 Å². The molecule has 1 rings (SSSR count). The van der Waals surface area contributed by atoms with Gasteiger partial charge in [-0.2, -0.15) is 0 Å². The zero-order chi connectivity index (χ0) is 10.6. The van der Waals surface area contributed by atoms with E-state index in [-0.39, 0.29) is 0 Å². The van der Waals surface area contributed by atoms with Crippen molar-refractivity contribution < 1.29 is 0 Å². The lowest BCUT2D eigenvalue weighted by atomic mass is 10.3. The highest BCUT2D eigenvalue weighted by Crippen LogP contribution is 2.16. The first-order chi connectivity index (χ1) is 6.63. The Kier molecular flexibility index (Phi) is 4.28. The SMILES string of the molecule is CCNC(=S)Nc1ncc(Br)cc1C. The molecule has 0 aliphatic heterocycles. The molecule has 0 unspecified atom stereocenters. The summed E-state index contributed by atoms with van der Waals surface area (Å²) in [5.41, 5.74) is 1.06. The molecule has 1 heterocycles. The quantitative estimate of drug-likeness (QED) is 0.812. The van der Waals surface area contributed by atoms with E-state index in [1.807, 2.05) is 19.9 Å². The summed E-state index contributed by atoms with van der Waals surface area (Å²) in [5, 5.41) is 6.63. The summed E-state index contributed by atoms with van der Waals surface area (Å²) in [6, 6.07) is 1.99. The smallest absolute Gasteiger partial charge is 0.171 e. The van der Waals surface area contributed by atoms with Crippen molar-refractivity contribution in [2.24, 2.45) is 0 Å². The van der Waals surface area contributed by atoms with E-state index in [9.17, 15) is 0 Å². The molecule has 0 fully saturated rings. The van der Waals surface area contributed by atoms with E-state index < -0.39 is 0 Å². The van der Waals surface area contributed by atoms with Gasteiger partial charge in [-0.1, -0.05) is 0 Å². The fraction of sp³-hybridized carbons (Fsp3) is 0.333. The Morgan fingerprint density at radius 2 is 2.36 bits per heavy atom. The van der Waals surface area contributed by atoms with Crippen LogP contribution < -0.4 is 10.6 Å². The van der Waals surface area contributed by atoms with Crippen LogP contribution in [0.2, 0.25) is 0 Å².